The van der Waals surface area contributed by atoms with Gasteiger partial charge in [-0.2, -0.15) is 5.10 Å². The standard InChI is InChI=1S/C14H11N3O5/c18-12-6-5-10(17(21)22)7-9(12)8-15-16-14(20)11-3-1-2-4-13(11)19/h1-8,18-19H,(H,16,20)/b15-8+. The number of nitrogens with one attached hydrogen (secondary N) is 1. The van der Waals surface area contributed by atoms with E-state index >= 15 is 0 Å². The van der Waals surface area contributed by atoms with Gasteiger partial charge < -0.3 is 10.2 Å². The van der Waals surface area contributed by atoms with Crippen LogP contribution in [0, 0.1) is 10.1 Å². The second kappa shape index (κ2) is 6.35. The zero-order valence-electron chi connectivity index (χ0n) is 11.1. The van der Waals surface area contributed by atoms with E-state index in [2.05, 4.69) is 10.5 Å². The number of phenols is 2. The van der Waals surface area contributed by atoms with E-state index in [0.717, 1.165) is 24.4 Å². The molecule has 0 heterocycles. The summed E-state index contributed by atoms with van der Waals surface area (Å²) in [6.07, 6.45) is 1.07. The number of nitrogens with zero attached hydrogens (tertiary/aromatic N) is 2. The topological polar surface area (TPSA) is 125 Å². The molecule has 0 unspecified atom stereocenters. The molecule has 8 nitrogen and oxygen atoms in total. The van der Waals surface area contributed by atoms with Crippen molar-refractivity contribution in [3.05, 3.63) is 63.7 Å². The maximum Gasteiger partial charge on any atom is 0.275 e. The first kappa shape index (κ1) is 15.0. The summed E-state index contributed by atoms with van der Waals surface area (Å²) in [5.74, 6) is -1.07. The monoisotopic (exact) mass is 301 g/mol. The quantitative estimate of drug-likeness (QED) is 0.451. The second-order valence-electron chi connectivity index (χ2n) is 4.22. The molecule has 0 saturated carbocycles. The first-order valence-corrected chi connectivity index (χ1v) is 6.08. The van der Waals surface area contributed by atoms with E-state index in [1.54, 1.807) is 12.1 Å². The Hall–Kier alpha value is -3.42. The SMILES string of the molecule is O=C(N/N=C/c1cc([N+](=O)[O-])ccc1O)c1ccccc1O. The van der Waals surface area contributed by atoms with Crippen molar-refractivity contribution in [2.45, 2.75) is 0 Å². The van der Waals surface area contributed by atoms with Gasteiger partial charge >= 0.3 is 0 Å². The van der Waals surface area contributed by atoms with Gasteiger partial charge in [-0.05, 0) is 18.2 Å². The number of nitro benzene ring substituents is 1. The number of para-hydroxylation sites is 1. The number of benzene rings is 2. The van der Waals surface area contributed by atoms with Crippen LogP contribution in [0.1, 0.15) is 15.9 Å². The average molecular weight is 301 g/mol. The van der Waals surface area contributed by atoms with Crippen LogP contribution in [0.4, 0.5) is 5.69 Å². The molecule has 0 atom stereocenters. The molecule has 0 aliphatic carbocycles. The highest BCUT2D eigenvalue weighted by Crippen LogP contribution is 2.21. The summed E-state index contributed by atoms with van der Waals surface area (Å²) in [7, 11) is 0. The highest BCUT2D eigenvalue weighted by atomic mass is 16.6. The fourth-order valence-electron chi connectivity index (χ4n) is 1.65. The number of carbonyl (C=O) groups excluding carboxylic acids is 1. The molecule has 8 heteroatoms. The molecule has 0 aliphatic rings. The van der Waals surface area contributed by atoms with E-state index in [-0.39, 0.29) is 28.3 Å². The first-order valence-electron chi connectivity index (χ1n) is 6.08. The minimum absolute atomic E-state index is 0.0305. The van der Waals surface area contributed by atoms with Gasteiger partial charge in [-0.1, -0.05) is 12.1 Å². The molecule has 0 aliphatic heterocycles. The zero-order chi connectivity index (χ0) is 16.1. The van der Waals surface area contributed by atoms with Crippen LogP contribution in [0.25, 0.3) is 0 Å². The van der Waals surface area contributed by atoms with Crippen molar-refractivity contribution in [2.75, 3.05) is 0 Å². The van der Waals surface area contributed by atoms with Crippen molar-refractivity contribution in [3.63, 3.8) is 0 Å². The summed E-state index contributed by atoms with van der Waals surface area (Å²) in [5, 5.41) is 33.3. The lowest BCUT2D eigenvalue weighted by atomic mass is 10.2. The fraction of sp³-hybridized carbons (Fsp3) is 0. The normalized spacial score (nSPS) is 10.5. The highest BCUT2D eigenvalue weighted by Gasteiger charge is 2.10. The maximum atomic E-state index is 11.8. The minimum atomic E-state index is -0.653. The van der Waals surface area contributed by atoms with E-state index in [0.29, 0.717) is 0 Å². The number of carbonyl (C=O) groups is 1. The molecule has 0 fully saturated rings. The summed E-state index contributed by atoms with van der Waals surface area (Å²) in [5.41, 5.74) is 2.04. The van der Waals surface area contributed by atoms with E-state index in [1.807, 2.05) is 0 Å². The summed E-state index contributed by atoms with van der Waals surface area (Å²) >= 11 is 0. The van der Waals surface area contributed by atoms with Crippen molar-refractivity contribution in [1.82, 2.24) is 5.43 Å². The van der Waals surface area contributed by atoms with Crippen LogP contribution in [0.3, 0.4) is 0 Å². The number of phenolic OH excluding ortho intramolecular Hbond substituents is 2. The Morgan fingerprint density at radius 2 is 1.91 bits per heavy atom. The third-order valence-electron chi connectivity index (χ3n) is 2.74. The number of hydrazone groups is 1. The highest BCUT2D eigenvalue weighted by molar-refractivity contribution is 5.97. The van der Waals surface area contributed by atoms with Crippen molar-refractivity contribution in [3.8, 4) is 11.5 Å². The molecule has 0 saturated heterocycles. The molecule has 2 rings (SSSR count). The fourth-order valence-corrected chi connectivity index (χ4v) is 1.65. The minimum Gasteiger partial charge on any atom is -0.507 e. The summed E-state index contributed by atoms with van der Waals surface area (Å²) in [6, 6.07) is 9.32. The summed E-state index contributed by atoms with van der Waals surface area (Å²) < 4.78 is 0. The van der Waals surface area contributed by atoms with Crippen LogP contribution >= 0.6 is 0 Å². The molecule has 0 aromatic heterocycles. The largest absolute Gasteiger partial charge is 0.507 e. The molecule has 2 aromatic carbocycles. The molecule has 1 amide bonds. The van der Waals surface area contributed by atoms with Crippen molar-refractivity contribution in [2.24, 2.45) is 5.10 Å². The van der Waals surface area contributed by atoms with Crippen LogP contribution in [0.2, 0.25) is 0 Å². The van der Waals surface area contributed by atoms with E-state index in [1.165, 1.54) is 12.1 Å². The summed E-state index contributed by atoms with van der Waals surface area (Å²) in [4.78, 5) is 21.8. The van der Waals surface area contributed by atoms with Crippen LogP contribution < -0.4 is 5.43 Å². The number of non-ortho nitro benzene ring substituents is 1. The molecule has 0 radical (unpaired) electrons. The van der Waals surface area contributed by atoms with Gasteiger partial charge in [0.15, 0.2) is 0 Å². The number of nitro groups is 1. The molecule has 0 bridgehead atoms. The van der Waals surface area contributed by atoms with Crippen LogP contribution in [-0.4, -0.2) is 27.3 Å². The van der Waals surface area contributed by atoms with Gasteiger partial charge in [-0.15, -0.1) is 0 Å². The maximum absolute atomic E-state index is 11.8. The smallest absolute Gasteiger partial charge is 0.275 e. The predicted molar refractivity (Wildman–Crippen MR) is 77.9 cm³/mol. The Morgan fingerprint density at radius 1 is 1.18 bits per heavy atom. The Morgan fingerprint density at radius 3 is 2.59 bits per heavy atom. The van der Waals surface area contributed by atoms with Gasteiger partial charge in [0.1, 0.15) is 11.5 Å². The molecule has 22 heavy (non-hydrogen) atoms. The number of rotatable bonds is 4. The van der Waals surface area contributed by atoms with Crippen LogP contribution in [0.5, 0.6) is 11.5 Å². The average Bonchev–Trinajstić information content (AvgIpc) is 2.49. The molecule has 3 N–H and O–H groups in total. The van der Waals surface area contributed by atoms with Crippen molar-refractivity contribution in [1.29, 1.82) is 0 Å². The van der Waals surface area contributed by atoms with Crippen molar-refractivity contribution < 1.29 is 19.9 Å². The molecule has 0 spiro atoms. The van der Waals surface area contributed by atoms with E-state index in [9.17, 15) is 25.1 Å². The van der Waals surface area contributed by atoms with Crippen LogP contribution in [0.15, 0.2) is 47.6 Å². The van der Waals surface area contributed by atoms with Crippen LogP contribution in [-0.2, 0) is 0 Å². The molecule has 112 valence electrons. The number of aromatic hydroxyl groups is 2. The third kappa shape index (κ3) is 3.37. The molecular formula is C14H11N3O5. The van der Waals surface area contributed by atoms with Gasteiger partial charge in [-0.25, -0.2) is 5.43 Å². The van der Waals surface area contributed by atoms with Gasteiger partial charge in [0.05, 0.1) is 16.7 Å². The van der Waals surface area contributed by atoms with E-state index in [4.69, 9.17) is 0 Å². The van der Waals surface area contributed by atoms with Gasteiger partial charge in [-0.3, -0.25) is 14.9 Å². The number of hydrogen-bond donors (Lipinski definition) is 3. The zero-order valence-corrected chi connectivity index (χ0v) is 11.1. The van der Waals surface area contributed by atoms with Gasteiger partial charge in [0.25, 0.3) is 11.6 Å². The second-order valence-corrected chi connectivity index (χ2v) is 4.22. The number of hydrogen-bond acceptors (Lipinski definition) is 6. The first-order chi connectivity index (χ1) is 10.5. The lowest BCUT2D eigenvalue weighted by Crippen LogP contribution is -2.17. The summed E-state index contributed by atoms with van der Waals surface area (Å²) in [6.45, 7) is 0. The molecule has 2 aromatic rings. The lowest BCUT2D eigenvalue weighted by molar-refractivity contribution is -0.384. The Bertz CT molecular complexity index is 758. The third-order valence-corrected chi connectivity index (χ3v) is 2.74. The predicted octanol–water partition coefficient (Wildman–Crippen LogP) is 1.77. The van der Waals surface area contributed by atoms with Crippen molar-refractivity contribution >= 4 is 17.8 Å². The number of amides is 1. The van der Waals surface area contributed by atoms with Gasteiger partial charge in [0, 0.05) is 17.7 Å². The lowest BCUT2D eigenvalue weighted by Gasteiger charge is -2.02. The molecular weight excluding hydrogens is 290 g/mol. The Balaban J connectivity index is 2.13. The van der Waals surface area contributed by atoms with E-state index < -0.39 is 10.8 Å². The Kier molecular flexibility index (Phi) is 4.33. The Labute approximate surface area is 124 Å². The van der Waals surface area contributed by atoms with Gasteiger partial charge in [0.2, 0.25) is 0 Å².